The first kappa shape index (κ1) is 33.9. The van der Waals surface area contributed by atoms with Gasteiger partial charge in [-0.15, -0.1) is 0 Å². The van der Waals surface area contributed by atoms with Crippen LogP contribution in [0.15, 0.2) is 42.5 Å². The van der Waals surface area contributed by atoms with Gasteiger partial charge in [0.15, 0.2) is 0 Å². The lowest BCUT2D eigenvalue weighted by atomic mass is 9.76. The van der Waals surface area contributed by atoms with Crippen LogP contribution in [0.3, 0.4) is 0 Å². The Kier molecular flexibility index (Phi) is 9.54. The zero-order valence-electron chi connectivity index (χ0n) is 24.3. The van der Waals surface area contributed by atoms with Crippen LogP contribution in [0.4, 0.5) is 38.1 Å². The van der Waals surface area contributed by atoms with E-state index >= 15 is 0 Å². The monoisotopic (exact) mass is 691 g/mol. The molecule has 2 aliphatic heterocycles. The fourth-order valence-electron chi connectivity index (χ4n) is 5.92. The Morgan fingerprint density at radius 3 is 2.43 bits per heavy atom. The summed E-state index contributed by atoms with van der Waals surface area (Å²) in [7, 11) is 0. The molecule has 2 fully saturated rings. The highest BCUT2D eigenvalue weighted by Crippen LogP contribution is 2.45. The fraction of sp³-hybridized carbons (Fsp3) is 0.433. The zero-order chi connectivity index (χ0) is 33.4. The summed E-state index contributed by atoms with van der Waals surface area (Å²) in [5.41, 5.74) is 4.01. The summed E-state index contributed by atoms with van der Waals surface area (Å²) in [5, 5.41) is 2.57. The van der Waals surface area contributed by atoms with E-state index in [1.807, 2.05) is 4.90 Å². The minimum Gasteiger partial charge on any atom is -0.465 e. The molecule has 3 N–H and O–H groups in total. The maximum atomic E-state index is 14.6. The van der Waals surface area contributed by atoms with Crippen LogP contribution in [0.5, 0.6) is 5.88 Å². The number of aromatic nitrogens is 2. The number of ether oxygens (including phenoxy) is 2. The van der Waals surface area contributed by atoms with Gasteiger partial charge in [0.2, 0.25) is 17.9 Å². The van der Waals surface area contributed by atoms with Gasteiger partial charge in [0, 0.05) is 36.3 Å². The van der Waals surface area contributed by atoms with Crippen LogP contribution in [0.1, 0.15) is 43.4 Å². The molecule has 8 nitrogen and oxygen atoms in total. The Bertz CT molecular complexity index is 1600. The molecule has 0 saturated carbocycles. The lowest BCUT2D eigenvalue weighted by Gasteiger charge is -2.39. The minimum atomic E-state index is -5.00. The summed E-state index contributed by atoms with van der Waals surface area (Å²) in [6.45, 7) is 3.64. The fourth-order valence-corrected chi connectivity index (χ4v) is 6.38. The number of nitrogens with two attached hydrogens (primary N) is 1. The van der Waals surface area contributed by atoms with Gasteiger partial charge < -0.3 is 25.4 Å². The van der Waals surface area contributed by atoms with Gasteiger partial charge in [0.25, 0.3) is 0 Å². The van der Waals surface area contributed by atoms with Crippen molar-refractivity contribution in [2.75, 3.05) is 36.9 Å². The Labute approximate surface area is 270 Å². The highest BCUT2D eigenvalue weighted by Gasteiger charge is 2.46. The van der Waals surface area contributed by atoms with Gasteiger partial charge in [-0.25, -0.2) is 0 Å². The van der Waals surface area contributed by atoms with Crippen molar-refractivity contribution >= 4 is 40.9 Å². The van der Waals surface area contributed by atoms with Crippen LogP contribution in [0.25, 0.3) is 11.1 Å². The van der Waals surface area contributed by atoms with Gasteiger partial charge in [0.05, 0.1) is 17.2 Å². The standard InChI is InChI=1S/C30H29Cl2F6N5O3/c1-2-45-26(44)22-14-28(15-40-22)7-9-43(10-8-28)23-13-24(42-27(39)41-23)46-25(30(36,37)38)18-5-4-17(31)12-19(18)16-3-6-20(21(32)11-16)29(33,34)35/h3-6,11-13,22,25,40H,2,7-10,14-15H2,1H3,(H2,39,41,42)/t22-,25+/m0/s1. The molecule has 0 amide bonds. The third-order valence-electron chi connectivity index (χ3n) is 8.21. The molecule has 3 heterocycles. The van der Waals surface area contributed by atoms with E-state index in [4.69, 9.17) is 38.4 Å². The first-order valence-electron chi connectivity index (χ1n) is 14.3. The average molecular weight is 692 g/mol. The van der Waals surface area contributed by atoms with Crippen LogP contribution < -0.4 is 20.7 Å². The van der Waals surface area contributed by atoms with Gasteiger partial charge in [-0.05, 0) is 67.0 Å². The lowest BCUT2D eigenvalue weighted by Crippen LogP contribution is -2.41. The molecule has 0 radical (unpaired) electrons. The third-order valence-corrected chi connectivity index (χ3v) is 8.75. The second-order valence-electron chi connectivity index (χ2n) is 11.3. The van der Waals surface area contributed by atoms with Crippen molar-refractivity contribution in [3.63, 3.8) is 0 Å². The predicted octanol–water partition coefficient (Wildman–Crippen LogP) is 7.25. The molecule has 0 bridgehead atoms. The van der Waals surface area contributed by atoms with Crippen LogP contribution in [0, 0.1) is 5.41 Å². The SMILES string of the molecule is CCOC(=O)[C@@H]1CC2(CCN(c3cc(O[C@H](c4ccc(Cl)cc4-c4ccc(C(F)(F)F)c(Cl)c4)C(F)(F)F)nc(N)n3)CC2)CN1. The maximum absolute atomic E-state index is 14.6. The van der Waals surface area contributed by atoms with Crippen molar-refractivity contribution in [3.8, 4) is 17.0 Å². The number of anilines is 2. The van der Waals surface area contributed by atoms with E-state index in [1.165, 1.54) is 18.2 Å². The number of esters is 1. The van der Waals surface area contributed by atoms with Crippen molar-refractivity contribution in [2.24, 2.45) is 5.41 Å². The van der Waals surface area contributed by atoms with Crippen LogP contribution in [-0.2, 0) is 15.7 Å². The molecule has 46 heavy (non-hydrogen) atoms. The highest BCUT2D eigenvalue weighted by atomic mass is 35.5. The number of nitrogens with zero attached hydrogens (tertiary/aromatic N) is 3. The molecular weight excluding hydrogens is 663 g/mol. The second kappa shape index (κ2) is 13.0. The normalized spacial score (nSPS) is 18.9. The Morgan fingerprint density at radius 2 is 1.80 bits per heavy atom. The summed E-state index contributed by atoms with van der Waals surface area (Å²) in [4.78, 5) is 22.2. The lowest BCUT2D eigenvalue weighted by molar-refractivity contribution is -0.198. The molecule has 2 atom stereocenters. The van der Waals surface area contributed by atoms with E-state index in [1.54, 1.807) is 6.92 Å². The predicted molar refractivity (Wildman–Crippen MR) is 160 cm³/mol. The van der Waals surface area contributed by atoms with Crippen LogP contribution >= 0.6 is 23.2 Å². The highest BCUT2D eigenvalue weighted by molar-refractivity contribution is 6.32. The number of carbonyl (C=O) groups excluding carboxylic acids is 1. The van der Waals surface area contributed by atoms with E-state index in [2.05, 4.69) is 15.3 Å². The molecule has 2 aromatic carbocycles. The van der Waals surface area contributed by atoms with E-state index in [0.29, 0.717) is 45.0 Å². The van der Waals surface area contributed by atoms with Crippen molar-refractivity contribution in [2.45, 2.75) is 50.7 Å². The largest absolute Gasteiger partial charge is 0.465 e. The number of benzene rings is 2. The van der Waals surface area contributed by atoms with Crippen molar-refractivity contribution < 1.29 is 40.6 Å². The maximum Gasteiger partial charge on any atom is 0.429 e. The van der Waals surface area contributed by atoms with Gasteiger partial charge in [-0.3, -0.25) is 4.79 Å². The van der Waals surface area contributed by atoms with Gasteiger partial charge in [0.1, 0.15) is 11.9 Å². The molecule has 1 aromatic heterocycles. The van der Waals surface area contributed by atoms with Crippen LogP contribution in [-0.4, -0.2) is 54.4 Å². The second-order valence-corrected chi connectivity index (χ2v) is 12.1. The van der Waals surface area contributed by atoms with E-state index < -0.39 is 46.5 Å². The Morgan fingerprint density at radius 1 is 1.09 bits per heavy atom. The number of alkyl halides is 6. The third kappa shape index (κ3) is 7.39. The Balaban J connectivity index is 1.40. The molecular formula is C30H29Cl2F6N5O3. The zero-order valence-corrected chi connectivity index (χ0v) is 25.8. The van der Waals surface area contributed by atoms with E-state index in [0.717, 1.165) is 18.2 Å². The van der Waals surface area contributed by atoms with Crippen LogP contribution in [0.2, 0.25) is 10.0 Å². The average Bonchev–Trinajstić information content (AvgIpc) is 3.38. The first-order valence-corrected chi connectivity index (χ1v) is 15.0. The molecule has 248 valence electrons. The van der Waals surface area contributed by atoms with Gasteiger partial charge in [-0.1, -0.05) is 35.3 Å². The summed E-state index contributed by atoms with van der Waals surface area (Å²) in [6, 6.07) is 6.96. The van der Waals surface area contributed by atoms with Crippen molar-refractivity contribution in [1.29, 1.82) is 0 Å². The van der Waals surface area contributed by atoms with E-state index in [-0.39, 0.29) is 45.9 Å². The number of nitrogen functional groups attached to an aromatic ring is 1. The smallest absolute Gasteiger partial charge is 0.429 e. The number of piperidine rings is 1. The number of nitrogens with one attached hydrogen (secondary N) is 1. The summed E-state index contributed by atoms with van der Waals surface area (Å²) < 4.78 is 94.2. The molecule has 0 unspecified atom stereocenters. The quantitative estimate of drug-likeness (QED) is 0.197. The summed E-state index contributed by atoms with van der Waals surface area (Å²) in [5.74, 6) is -0.806. The number of rotatable bonds is 7. The summed E-state index contributed by atoms with van der Waals surface area (Å²) >= 11 is 12.0. The Hall–Kier alpha value is -3.49. The molecule has 5 rings (SSSR count). The van der Waals surface area contributed by atoms with Crippen molar-refractivity contribution in [3.05, 3.63) is 63.6 Å². The summed E-state index contributed by atoms with van der Waals surface area (Å²) in [6.07, 6.45) is -10.4. The van der Waals surface area contributed by atoms with Gasteiger partial charge >= 0.3 is 18.3 Å². The van der Waals surface area contributed by atoms with E-state index in [9.17, 15) is 31.1 Å². The molecule has 3 aromatic rings. The van der Waals surface area contributed by atoms with Crippen molar-refractivity contribution in [1.82, 2.24) is 15.3 Å². The molecule has 16 heteroatoms. The number of carbonyl (C=O) groups is 1. The topological polar surface area (TPSA) is 103 Å². The number of hydrogen-bond acceptors (Lipinski definition) is 8. The molecule has 0 aliphatic carbocycles. The van der Waals surface area contributed by atoms with Gasteiger partial charge in [-0.2, -0.15) is 36.3 Å². The molecule has 2 saturated heterocycles. The molecule has 1 spiro atoms. The first-order chi connectivity index (χ1) is 21.6. The molecule has 2 aliphatic rings. The number of hydrogen-bond donors (Lipinski definition) is 2. The number of halogens is 8. The minimum absolute atomic E-state index is 0.0370.